The summed E-state index contributed by atoms with van der Waals surface area (Å²) in [6.45, 7) is 3.91. The molecule has 2 rings (SSSR count). The van der Waals surface area contributed by atoms with Crippen molar-refractivity contribution in [1.82, 2.24) is 5.32 Å². The fraction of sp³-hybridized carbons (Fsp3) is 0.312. The molecule has 2 aromatic rings. The molecule has 0 spiro atoms. The third kappa shape index (κ3) is 4.17. The highest BCUT2D eigenvalue weighted by atomic mass is 16.6. The molecule has 7 heteroatoms. The summed E-state index contributed by atoms with van der Waals surface area (Å²) in [7, 11) is 0. The Morgan fingerprint density at radius 3 is 2.70 bits per heavy atom. The standard InChI is InChI=1S/C16H18N2O5/c1-10(2)15(16(19)20)17-9-13-6-7-14(23-13)11-4-3-5-12(8-11)18(21)22/h3-8,10,15,17H,9H2,1-2H3,(H,19,20)/t15-/m1/s1. The van der Waals surface area contributed by atoms with Crippen molar-refractivity contribution in [3.05, 3.63) is 52.3 Å². The normalized spacial score (nSPS) is 12.3. The maximum atomic E-state index is 11.1. The molecule has 0 amide bonds. The van der Waals surface area contributed by atoms with Crippen LogP contribution in [0.4, 0.5) is 5.69 Å². The van der Waals surface area contributed by atoms with E-state index in [4.69, 9.17) is 9.52 Å². The largest absolute Gasteiger partial charge is 0.480 e. The highest BCUT2D eigenvalue weighted by molar-refractivity contribution is 5.73. The van der Waals surface area contributed by atoms with Crippen LogP contribution in [0.1, 0.15) is 19.6 Å². The molecule has 1 atom stereocenters. The molecule has 122 valence electrons. The quantitative estimate of drug-likeness (QED) is 0.600. The van der Waals surface area contributed by atoms with E-state index in [9.17, 15) is 14.9 Å². The molecule has 2 N–H and O–H groups in total. The first-order chi connectivity index (χ1) is 10.9. The van der Waals surface area contributed by atoms with E-state index < -0.39 is 16.9 Å². The number of non-ortho nitro benzene ring substituents is 1. The van der Waals surface area contributed by atoms with Gasteiger partial charge in [-0.05, 0) is 18.1 Å². The number of aliphatic carboxylic acids is 1. The molecule has 0 saturated carbocycles. The predicted molar refractivity (Wildman–Crippen MR) is 83.9 cm³/mol. The Labute approximate surface area is 133 Å². The second-order valence-corrected chi connectivity index (χ2v) is 5.51. The lowest BCUT2D eigenvalue weighted by Crippen LogP contribution is -2.40. The van der Waals surface area contributed by atoms with Crippen LogP contribution in [0, 0.1) is 16.0 Å². The zero-order chi connectivity index (χ0) is 17.0. The number of carboxylic acid groups (broad SMARTS) is 1. The number of carbonyl (C=O) groups is 1. The number of nitrogens with zero attached hydrogens (tertiary/aromatic N) is 1. The average Bonchev–Trinajstić information content (AvgIpc) is 2.95. The first-order valence-corrected chi connectivity index (χ1v) is 7.18. The van der Waals surface area contributed by atoms with Crippen LogP contribution in [0.15, 0.2) is 40.8 Å². The Bertz CT molecular complexity index is 708. The maximum absolute atomic E-state index is 11.1. The van der Waals surface area contributed by atoms with Gasteiger partial charge >= 0.3 is 5.97 Å². The number of nitro groups is 1. The molecule has 0 aliphatic carbocycles. The zero-order valence-corrected chi connectivity index (χ0v) is 12.9. The van der Waals surface area contributed by atoms with Crippen LogP contribution in [-0.4, -0.2) is 22.0 Å². The van der Waals surface area contributed by atoms with Crippen LogP contribution in [-0.2, 0) is 11.3 Å². The van der Waals surface area contributed by atoms with E-state index in [-0.39, 0.29) is 18.2 Å². The fourth-order valence-electron chi connectivity index (χ4n) is 2.22. The SMILES string of the molecule is CC(C)[C@@H](NCc1ccc(-c2cccc([N+](=O)[O-])c2)o1)C(=O)O. The molecule has 7 nitrogen and oxygen atoms in total. The number of rotatable bonds is 7. The zero-order valence-electron chi connectivity index (χ0n) is 12.9. The van der Waals surface area contributed by atoms with Crippen LogP contribution in [0.5, 0.6) is 0 Å². The number of hydrogen-bond donors (Lipinski definition) is 2. The summed E-state index contributed by atoms with van der Waals surface area (Å²) in [5.74, 6) is 0.101. The monoisotopic (exact) mass is 318 g/mol. The van der Waals surface area contributed by atoms with E-state index in [0.717, 1.165) is 0 Å². The molecule has 0 aliphatic heterocycles. The molecule has 1 heterocycles. The fourth-order valence-corrected chi connectivity index (χ4v) is 2.22. The van der Waals surface area contributed by atoms with Crippen LogP contribution >= 0.6 is 0 Å². The molecule has 0 aliphatic rings. The maximum Gasteiger partial charge on any atom is 0.320 e. The van der Waals surface area contributed by atoms with Gasteiger partial charge in [0.25, 0.3) is 5.69 Å². The minimum Gasteiger partial charge on any atom is -0.480 e. The third-order valence-electron chi connectivity index (χ3n) is 3.43. The summed E-state index contributed by atoms with van der Waals surface area (Å²) in [6.07, 6.45) is 0. The van der Waals surface area contributed by atoms with E-state index in [1.54, 1.807) is 24.3 Å². The molecule has 23 heavy (non-hydrogen) atoms. The second-order valence-electron chi connectivity index (χ2n) is 5.51. The lowest BCUT2D eigenvalue weighted by molar-refractivity contribution is -0.384. The van der Waals surface area contributed by atoms with Crippen LogP contribution in [0.25, 0.3) is 11.3 Å². The summed E-state index contributed by atoms with van der Waals surface area (Å²) in [6, 6.07) is 8.92. The Kier molecular flexibility index (Phi) is 5.13. The molecule has 0 bridgehead atoms. The van der Waals surface area contributed by atoms with Gasteiger partial charge in [-0.1, -0.05) is 26.0 Å². The van der Waals surface area contributed by atoms with Gasteiger partial charge in [0.05, 0.1) is 11.5 Å². The third-order valence-corrected chi connectivity index (χ3v) is 3.43. The number of carboxylic acids is 1. The van der Waals surface area contributed by atoms with Gasteiger partial charge in [-0.25, -0.2) is 0 Å². The van der Waals surface area contributed by atoms with Crippen LogP contribution < -0.4 is 5.32 Å². The van der Waals surface area contributed by atoms with E-state index in [2.05, 4.69) is 5.32 Å². The van der Waals surface area contributed by atoms with Gasteiger partial charge in [-0.15, -0.1) is 0 Å². The first kappa shape index (κ1) is 16.7. The van der Waals surface area contributed by atoms with E-state index >= 15 is 0 Å². The molecule has 0 unspecified atom stereocenters. The minimum absolute atomic E-state index is 0.00989. The molecule has 0 fully saturated rings. The number of nitro benzene ring substituents is 1. The summed E-state index contributed by atoms with van der Waals surface area (Å²) < 4.78 is 5.64. The number of nitrogens with one attached hydrogen (secondary N) is 1. The summed E-state index contributed by atoms with van der Waals surface area (Å²) in [4.78, 5) is 21.5. The predicted octanol–water partition coefficient (Wildman–Crippen LogP) is 3.05. The van der Waals surface area contributed by atoms with Gasteiger partial charge in [0.1, 0.15) is 17.6 Å². The summed E-state index contributed by atoms with van der Waals surface area (Å²) >= 11 is 0. The smallest absolute Gasteiger partial charge is 0.320 e. The van der Waals surface area contributed by atoms with Crippen molar-refractivity contribution in [2.75, 3.05) is 0 Å². The second kappa shape index (κ2) is 7.06. The van der Waals surface area contributed by atoms with Crippen molar-refractivity contribution < 1.29 is 19.2 Å². The van der Waals surface area contributed by atoms with Crippen LogP contribution in [0.2, 0.25) is 0 Å². The minimum atomic E-state index is -0.912. The summed E-state index contributed by atoms with van der Waals surface area (Å²) in [5, 5.41) is 22.9. The van der Waals surface area contributed by atoms with E-state index in [1.165, 1.54) is 12.1 Å². The molecule has 1 aromatic heterocycles. The van der Waals surface area contributed by atoms with Crippen molar-refractivity contribution in [2.24, 2.45) is 5.92 Å². The van der Waals surface area contributed by atoms with Crippen molar-refractivity contribution in [1.29, 1.82) is 0 Å². The number of hydrogen-bond acceptors (Lipinski definition) is 5. The van der Waals surface area contributed by atoms with Crippen molar-refractivity contribution in [3.63, 3.8) is 0 Å². The Morgan fingerprint density at radius 1 is 1.35 bits per heavy atom. The lowest BCUT2D eigenvalue weighted by Gasteiger charge is -2.16. The Hall–Kier alpha value is -2.67. The van der Waals surface area contributed by atoms with Gasteiger partial charge in [0.15, 0.2) is 0 Å². The summed E-state index contributed by atoms with van der Waals surface area (Å²) in [5.41, 5.74) is 0.591. The van der Waals surface area contributed by atoms with E-state index in [0.29, 0.717) is 17.1 Å². The van der Waals surface area contributed by atoms with Crippen LogP contribution in [0.3, 0.4) is 0 Å². The highest BCUT2D eigenvalue weighted by Crippen LogP contribution is 2.25. The number of benzene rings is 1. The molecule has 0 radical (unpaired) electrons. The lowest BCUT2D eigenvalue weighted by atomic mass is 10.1. The Balaban J connectivity index is 2.10. The average molecular weight is 318 g/mol. The van der Waals surface area contributed by atoms with Gasteiger partial charge in [0, 0.05) is 17.7 Å². The molecule has 0 saturated heterocycles. The topological polar surface area (TPSA) is 106 Å². The van der Waals surface area contributed by atoms with Gasteiger partial charge in [-0.3, -0.25) is 20.2 Å². The molecular weight excluding hydrogens is 300 g/mol. The highest BCUT2D eigenvalue weighted by Gasteiger charge is 2.21. The van der Waals surface area contributed by atoms with Gasteiger partial charge in [0.2, 0.25) is 0 Å². The van der Waals surface area contributed by atoms with Crippen molar-refractivity contribution >= 4 is 11.7 Å². The first-order valence-electron chi connectivity index (χ1n) is 7.18. The van der Waals surface area contributed by atoms with Gasteiger partial charge < -0.3 is 9.52 Å². The van der Waals surface area contributed by atoms with Crippen molar-refractivity contribution in [3.8, 4) is 11.3 Å². The molecular formula is C16H18N2O5. The van der Waals surface area contributed by atoms with E-state index in [1.807, 2.05) is 13.8 Å². The number of furan rings is 1. The Morgan fingerprint density at radius 2 is 2.09 bits per heavy atom. The molecule has 1 aromatic carbocycles. The van der Waals surface area contributed by atoms with Crippen molar-refractivity contribution in [2.45, 2.75) is 26.4 Å². The van der Waals surface area contributed by atoms with Gasteiger partial charge in [-0.2, -0.15) is 0 Å².